The zero-order valence-corrected chi connectivity index (χ0v) is 10.9. The SMILES string of the molecule is O=C(NCc1cccc([N+](=O)[O-])c1)c1nnc(Cl)s1. The second-order valence-electron chi connectivity index (χ2n) is 3.47. The van der Waals surface area contributed by atoms with Crippen molar-refractivity contribution in [1.29, 1.82) is 0 Å². The van der Waals surface area contributed by atoms with E-state index in [1.54, 1.807) is 12.1 Å². The average Bonchev–Trinajstić information content (AvgIpc) is 2.83. The molecule has 98 valence electrons. The van der Waals surface area contributed by atoms with Crippen molar-refractivity contribution in [2.45, 2.75) is 6.54 Å². The molecule has 0 aliphatic rings. The van der Waals surface area contributed by atoms with Gasteiger partial charge in [0.15, 0.2) is 0 Å². The molecular formula is C10H7ClN4O3S. The highest BCUT2D eigenvalue weighted by molar-refractivity contribution is 7.17. The van der Waals surface area contributed by atoms with E-state index < -0.39 is 10.8 Å². The summed E-state index contributed by atoms with van der Waals surface area (Å²) in [6.45, 7) is 0.164. The van der Waals surface area contributed by atoms with Gasteiger partial charge in [0.25, 0.3) is 11.6 Å². The zero-order valence-electron chi connectivity index (χ0n) is 9.37. The van der Waals surface area contributed by atoms with Gasteiger partial charge in [0.1, 0.15) is 0 Å². The standard InChI is InChI=1S/C10H7ClN4O3S/c11-10-14-13-9(19-10)8(16)12-5-6-2-1-3-7(4-6)15(17)18/h1-4H,5H2,(H,12,16). The third-order valence-electron chi connectivity index (χ3n) is 2.17. The van der Waals surface area contributed by atoms with Gasteiger partial charge in [-0.05, 0) is 17.2 Å². The molecule has 19 heavy (non-hydrogen) atoms. The lowest BCUT2D eigenvalue weighted by Gasteiger charge is -2.02. The highest BCUT2D eigenvalue weighted by Gasteiger charge is 2.12. The van der Waals surface area contributed by atoms with Crippen LogP contribution >= 0.6 is 22.9 Å². The maximum absolute atomic E-state index is 11.7. The van der Waals surface area contributed by atoms with Gasteiger partial charge in [0, 0.05) is 18.7 Å². The molecule has 0 radical (unpaired) electrons. The van der Waals surface area contributed by atoms with Gasteiger partial charge in [0.05, 0.1) is 4.92 Å². The van der Waals surface area contributed by atoms with Crippen LogP contribution in [0.4, 0.5) is 5.69 Å². The zero-order chi connectivity index (χ0) is 13.8. The number of nitrogens with zero attached hydrogens (tertiary/aromatic N) is 3. The normalized spacial score (nSPS) is 10.2. The number of aromatic nitrogens is 2. The average molecular weight is 299 g/mol. The van der Waals surface area contributed by atoms with Crippen LogP contribution in [-0.4, -0.2) is 21.0 Å². The Kier molecular flexibility index (Phi) is 4.03. The van der Waals surface area contributed by atoms with Crippen LogP contribution in [0.1, 0.15) is 15.4 Å². The number of halogens is 1. The van der Waals surface area contributed by atoms with E-state index in [1.807, 2.05) is 0 Å². The Labute approximate surface area is 116 Å². The lowest BCUT2D eigenvalue weighted by molar-refractivity contribution is -0.384. The van der Waals surface area contributed by atoms with Crippen LogP contribution in [0.2, 0.25) is 4.47 Å². The van der Waals surface area contributed by atoms with Crippen LogP contribution in [-0.2, 0) is 6.54 Å². The molecule has 2 aromatic rings. The third-order valence-corrected chi connectivity index (χ3v) is 3.19. The predicted octanol–water partition coefficient (Wildman–Crippen LogP) is 2.03. The van der Waals surface area contributed by atoms with Gasteiger partial charge in [0.2, 0.25) is 9.47 Å². The molecule has 1 heterocycles. The van der Waals surface area contributed by atoms with Crippen LogP contribution in [0.3, 0.4) is 0 Å². The molecule has 0 aliphatic heterocycles. The third kappa shape index (κ3) is 3.46. The molecule has 9 heteroatoms. The molecule has 0 bridgehead atoms. The Bertz CT molecular complexity index is 631. The number of hydrogen-bond donors (Lipinski definition) is 1. The van der Waals surface area contributed by atoms with Crippen molar-refractivity contribution >= 4 is 34.5 Å². The summed E-state index contributed by atoms with van der Waals surface area (Å²) < 4.78 is 0.181. The number of hydrogen-bond acceptors (Lipinski definition) is 6. The number of non-ortho nitro benzene ring substituents is 1. The molecule has 0 spiro atoms. The highest BCUT2D eigenvalue weighted by atomic mass is 35.5. The molecule has 1 N–H and O–H groups in total. The van der Waals surface area contributed by atoms with E-state index in [0.29, 0.717) is 5.56 Å². The number of benzene rings is 1. The quantitative estimate of drug-likeness (QED) is 0.688. The first-order valence-electron chi connectivity index (χ1n) is 5.07. The molecule has 2 rings (SSSR count). The maximum atomic E-state index is 11.7. The first-order valence-corrected chi connectivity index (χ1v) is 6.26. The van der Waals surface area contributed by atoms with Crippen molar-refractivity contribution in [2.24, 2.45) is 0 Å². The van der Waals surface area contributed by atoms with Gasteiger partial charge >= 0.3 is 0 Å². The predicted molar refractivity (Wildman–Crippen MR) is 69.2 cm³/mol. The summed E-state index contributed by atoms with van der Waals surface area (Å²) in [6.07, 6.45) is 0. The van der Waals surface area contributed by atoms with Crippen molar-refractivity contribution in [3.8, 4) is 0 Å². The van der Waals surface area contributed by atoms with E-state index in [1.165, 1.54) is 12.1 Å². The Morgan fingerprint density at radius 2 is 2.26 bits per heavy atom. The molecule has 0 saturated heterocycles. The van der Waals surface area contributed by atoms with E-state index in [2.05, 4.69) is 15.5 Å². The van der Waals surface area contributed by atoms with Crippen LogP contribution in [0.15, 0.2) is 24.3 Å². The van der Waals surface area contributed by atoms with Gasteiger partial charge in [-0.2, -0.15) is 0 Å². The molecule has 0 saturated carbocycles. The summed E-state index contributed by atoms with van der Waals surface area (Å²) in [4.78, 5) is 21.8. The smallest absolute Gasteiger partial charge is 0.282 e. The molecule has 1 aromatic heterocycles. The van der Waals surface area contributed by atoms with Crippen LogP contribution < -0.4 is 5.32 Å². The molecule has 1 amide bonds. The van der Waals surface area contributed by atoms with Crippen LogP contribution in [0, 0.1) is 10.1 Å². The van der Waals surface area contributed by atoms with Gasteiger partial charge in [-0.25, -0.2) is 0 Å². The number of carbonyl (C=O) groups excluding carboxylic acids is 1. The summed E-state index contributed by atoms with van der Waals surface area (Å²) in [5.74, 6) is -0.420. The van der Waals surface area contributed by atoms with E-state index in [9.17, 15) is 14.9 Å². The Hall–Kier alpha value is -2.06. The van der Waals surface area contributed by atoms with E-state index in [0.717, 1.165) is 11.3 Å². The lowest BCUT2D eigenvalue weighted by Crippen LogP contribution is -2.22. The summed E-state index contributed by atoms with van der Waals surface area (Å²) in [6, 6.07) is 6.02. The van der Waals surface area contributed by atoms with Crippen LogP contribution in [0.5, 0.6) is 0 Å². The number of amides is 1. The van der Waals surface area contributed by atoms with Gasteiger partial charge in [-0.1, -0.05) is 23.5 Å². The Morgan fingerprint density at radius 3 is 2.89 bits per heavy atom. The number of nitro groups is 1. The maximum Gasteiger partial charge on any atom is 0.282 e. The molecule has 0 atom stereocenters. The Balaban J connectivity index is 2.01. The summed E-state index contributed by atoms with van der Waals surface area (Å²) in [7, 11) is 0. The molecule has 0 fully saturated rings. The fraction of sp³-hybridized carbons (Fsp3) is 0.100. The minimum absolute atomic E-state index is 0.0225. The highest BCUT2D eigenvalue weighted by Crippen LogP contribution is 2.15. The number of rotatable bonds is 4. The molecule has 1 aromatic carbocycles. The first kappa shape index (κ1) is 13.4. The fourth-order valence-electron chi connectivity index (χ4n) is 1.34. The fourth-order valence-corrected chi connectivity index (χ4v) is 2.08. The van der Waals surface area contributed by atoms with Gasteiger partial charge in [-0.15, -0.1) is 10.2 Å². The largest absolute Gasteiger partial charge is 0.346 e. The van der Waals surface area contributed by atoms with Crippen molar-refractivity contribution in [3.05, 3.63) is 49.4 Å². The minimum Gasteiger partial charge on any atom is -0.346 e. The van der Waals surface area contributed by atoms with Gasteiger partial charge < -0.3 is 5.32 Å². The topological polar surface area (TPSA) is 98.0 Å². The van der Waals surface area contributed by atoms with Crippen molar-refractivity contribution in [1.82, 2.24) is 15.5 Å². The van der Waals surface area contributed by atoms with E-state index in [4.69, 9.17) is 11.6 Å². The van der Waals surface area contributed by atoms with Gasteiger partial charge in [-0.3, -0.25) is 14.9 Å². The minimum atomic E-state index is -0.490. The molecular weight excluding hydrogens is 292 g/mol. The van der Waals surface area contributed by atoms with Crippen molar-refractivity contribution < 1.29 is 9.72 Å². The second kappa shape index (κ2) is 5.72. The van der Waals surface area contributed by atoms with E-state index in [-0.39, 0.29) is 21.7 Å². The number of nitrogens with one attached hydrogen (secondary N) is 1. The lowest BCUT2D eigenvalue weighted by atomic mass is 10.2. The Morgan fingerprint density at radius 1 is 1.47 bits per heavy atom. The van der Waals surface area contributed by atoms with E-state index >= 15 is 0 Å². The monoisotopic (exact) mass is 298 g/mol. The number of carbonyl (C=O) groups is 1. The van der Waals surface area contributed by atoms with Crippen molar-refractivity contribution in [2.75, 3.05) is 0 Å². The summed E-state index contributed by atoms with van der Waals surface area (Å²) in [5.41, 5.74) is 0.601. The summed E-state index contributed by atoms with van der Waals surface area (Å²) >= 11 is 6.53. The molecule has 7 nitrogen and oxygen atoms in total. The first-order chi connectivity index (χ1) is 9.06. The van der Waals surface area contributed by atoms with Crippen LogP contribution in [0.25, 0.3) is 0 Å². The van der Waals surface area contributed by atoms with Crippen molar-refractivity contribution in [3.63, 3.8) is 0 Å². The second-order valence-corrected chi connectivity index (χ2v) is 5.03. The number of nitro benzene ring substituents is 1. The molecule has 0 unspecified atom stereocenters. The summed E-state index contributed by atoms with van der Waals surface area (Å²) in [5, 5.41) is 20.4. The molecule has 0 aliphatic carbocycles.